The number of nitro benzene ring substituents is 1. The topological polar surface area (TPSA) is 132 Å². The first-order valence-electron chi connectivity index (χ1n) is 12.6. The fourth-order valence-corrected chi connectivity index (χ4v) is 4.27. The smallest absolute Gasteiger partial charge is 0.313 e. The quantitative estimate of drug-likeness (QED) is 0.137. The molecule has 0 unspecified atom stereocenters. The highest BCUT2D eigenvalue weighted by Gasteiger charge is 2.22. The van der Waals surface area contributed by atoms with E-state index in [0.29, 0.717) is 42.1 Å². The number of benzene rings is 3. The first-order valence-corrected chi connectivity index (χ1v) is 12.6. The van der Waals surface area contributed by atoms with Gasteiger partial charge in [-0.2, -0.15) is 4.73 Å². The highest BCUT2D eigenvalue weighted by molar-refractivity contribution is 6.02. The summed E-state index contributed by atoms with van der Waals surface area (Å²) in [6.07, 6.45) is 2.90. The molecule has 2 N–H and O–H groups in total. The fraction of sp³-hybridized carbons (Fsp3) is 0.214. The van der Waals surface area contributed by atoms with E-state index in [1.165, 1.54) is 30.3 Å². The molecule has 1 aliphatic rings. The van der Waals surface area contributed by atoms with Crippen LogP contribution in [0.3, 0.4) is 0 Å². The van der Waals surface area contributed by atoms with Gasteiger partial charge in [-0.05, 0) is 48.0 Å². The van der Waals surface area contributed by atoms with Crippen LogP contribution in [0.15, 0.2) is 66.7 Å². The van der Waals surface area contributed by atoms with Gasteiger partial charge in [0.2, 0.25) is 5.91 Å². The fourth-order valence-electron chi connectivity index (χ4n) is 4.27. The molecular weight excluding hydrogens is 521 g/mol. The molecule has 0 spiro atoms. The first kappa shape index (κ1) is 26.8. The molecule has 1 aromatic heterocycles. The van der Waals surface area contributed by atoms with Gasteiger partial charge >= 0.3 is 5.69 Å². The predicted octanol–water partition coefficient (Wildman–Crippen LogP) is 4.35. The Morgan fingerprint density at radius 3 is 2.58 bits per heavy atom. The number of anilines is 1. The molecule has 1 fully saturated rings. The van der Waals surface area contributed by atoms with Gasteiger partial charge in [0.1, 0.15) is 17.9 Å². The van der Waals surface area contributed by atoms with E-state index < -0.39 is 4.92 Å². The van der Waals surface area contributed by atoms with Crippen molar-refractivity contribution in [2.24, 2.45) is 0 Å². The molecule has 0 radical (unpaired) electrons. The number of carbonyl (C=O) groups excluding carboxylic acids is 1. The molecule has 5 rings (SSSR count). The summed E-state index contributed by atoms with van der Waals surface area (Å²) < 4.78 is 24.9. The number of imidazole rings is 1. The Labute approximate surface area is 228 Å². The van der Waals surface area contributed by atoms with Crippen LogP contribution in [0.5, 0.6) is 5.75 Å². The van der Waals surface area contributed by atoms with Gasteiger partial charge in [0.25, 0.3) is 0 Å². The number of rotatable bonds is 9. The van der Waals surface area contributed by atoms with E-state index in [-0.39, 0.29) is 41.1 Å². The summed E-state index contributed by atoms with van der Waals surface area (Å²) in [5.74, 6) is -0.490. The van der Waals surface area contributed by atoms with Crippen LogP contribution in [0.25, 0.3) is 28.5 Å². The van der Waals surface area contributed by atoms with Gasteiger partial charge in [0.05, 0.1) is 23.7 Å². The number of carbonyl (C=O) groups is 1. The van der Waals surface area contributed by atoms with Gasteiger partial charge in [0, 0.05) is 49.1 Å². The van der Waals surface area contributed by atoms with Crippen molar-refractivity contribution in [1.29, 1.82) is 0 Å². The Hall–Kier alpha value is -4.81. The zero-order valence-corrected chi connectivity index (χ0v) is 21.3. The third-order valence-electron chi connectivity index (χ3n) is 6.38. The molecule has 1 amide bonds. The van der Waals surface area contributed by atoms with E-state index in [1.54, 1.807) is 42.5 Å². The molecule has 0 saturated carbocycles. The Bertz CT molecular complexity index is 1550. The van der Waals surface area contributed by atoms with Crippen molar-refractivity contribution in [2.75, 3.05) is 44.8 Å². The zero-order valence-electron chi connectivity index (χ0n) is 21.3. The maximum atomic E-state index is 13.0. The van der Waals surface area contributed by atoms with E-state index in [9.17, 15) is 24.5 Å². The van der Waals surface area contributed by atoms with Gasteiger partial charge in [-0.15, -0.1) is 0 Å². The second-order valence-corrected chi connectivity index (χ2v) is 9.07. The third kappa shape index (κ3) is 6.25. The standard InChI is InChI=1S/C28H26FN5O6/c29-21-6-1-19(2-7-21)3-10-27(35)30-22-8-4-20(5-9-22)28-31-23-17-26(25(34(37)38)18-24(23)33(28)36)40-16-13-32-11-14-39-15-12-32/h1-10,17-18,36H,11-16H2,(H,30,35). The lowest BCUT2D eigenvalue weighted by Crippen LogP contribution is -2.38. The summed E-state index contributed by atoms with van der Waals surface area (Å²) in [5, 5.41) is 25.2. The lowest BCUT2D eigenvalue weighted by Gasteiger charge is -2.26. The maximum absolute atomic E-state index is 13.0. The summed E-state index contributed by atoms with van der Waals surface area (Å²) in [6.45, 7) is 3.69. The van der Waals surface area contributed by atoms with E-state index in [4.69, 9.17) is 9.47 Å². The van der Waals surface area contributed by atoms with Crippen molar-refractivity contribution >= 4 is 34.4 Å². The van der Waals surface area contributed by atoms with Crippen LogP contribution in [0.4, 0.5) is 15.8 Å². The second kappa shape index (κ2) is 11.9. The van der Waals surface area contributed by atoms with Gasteiger partial charge in [-0.1, -0.05) is 12.1 Å². The summed E-state index contributed by atoms with van der Waals surface area (Å²) in [6, 6.07) is 15.0. The van der Waals surface area contributed by atoms with Gasteiger partial charge < -0.3 is 20.0 Å². The highest BCUT2D eigenvalue weighted by atomic mass is 19.1. The molecule has 0 bridgehead atoms. The summed E-state index contributed by atoms with van der Waals surface area (Å²) in [5.41, 5.74) is 1.92. The molecule has 3 aromatic carbocycles. The second-order valence-electron chi connectivity index (χ2n) is 9.07. The third-order valence-corrected chi connectivity index (χ3v) is 6.38. The molecule has 4 aromatic rings. The molecular formula is C28H26FN5O6. The number of nitrogens with one attached hydrogen (secondary N) is 1. The van der Waals surface area contributed by atoms with E-state index in [1.807, 2.05) is 0 Å². The van der Waals surface area contributed by atoms with Crippen LogP contribution in [0, 0.1) is 15.9 Å². The average molecular weight is 548 g/mol. The number of hydrogen-bond donors (Lipinski definition) is 2. The normalized spacial score (nSPS) is 14.0. The Morgan fingerprint density at radius 1 is 1.15 bits per heavy atom. The number of amides is 1. The minimum Gasteiger partial charge on any atom is -0.485 e. The van der Waals surface area contributed by atoms with Crippen molar-refractivity contribution in [1.82, 2.24) is 14.6 Å². The highest BCUT2D eigenvalue weighted by Crippen LogP contribution is 2.34. The molecule has 2 heterocycles. The lowest BCUT2D eigenvalue weighted by molar-refractivity contribution is -0.385. The number of halogens is 1. The Morgan fingerprint density at radius 2 is 1.88 bits per heavy atom. The molecule has 0 aliphatic carbocycles. The van der Waals surface area contributed by atoms with Crippen LogP contribution in [0.2, 0.25) is 0 Å². The molecule has 1 aliphatic heterocycles. The van der Waals surface area contributed by atoms with Crippen molar-refractivity contribution in [2.45, 2.75) is 0 Å². The molecule has 12 heteroatoms. The van der Waals surface area contributed by atoms with E-state index >= 15 is 0 Å². The average Bonchev–Trinajstić information content (AvgIpc) is 3.28. The van der Waals surface area contributed by atoms with Crippen molar-refractivity contribution in [3.8, 4) is 17.1 Å². The minimum absolute atomic E-state index is 0.0714. The van der Waals surface area contributed by atoms with Crippen LogP contribution >= 0.6 is 0 Å². The van der Waals surface area contributed by atoms with Crippen molar-refractivity contribution < 1.29 is 28.8 Å². The van der Waals surface area contributed by atoms with E-state index in [0.717, 1.165) is 17.8 Å². The molecule has 11 nitrogen and oxygen atoms in total. The maximum Gasteiger partial charge on any atom is 0.313 e. The number of ether oxygens (including phenoxy) is 2. The SMILES string of the molecule is O=C(C=Cc1ccc(F)cc1)Nc1ccc(-c2nc3cc(OCCN4CCOCC4)c([N+](=O)[O-])cc3n2O)cc1. The minimum atomic E-state index is -0.557. The summed E-state index contributed by atoms with van der Waals surface area (Å²) in [4.78, 5) is 30.0. The first-order chi connectivity index (χ1) is 19.4. The Balaban J connectivity index is 1.29. The van der Waals surface area contributed by atoms with Gasteiger partial charge in [0.15, 0.2) is 11.6 Å². The monoisotopic (exact) mass is 547 g/mol. The number of aromatic nitrogens is 2. The number of hydrogen-bond acceptors (Lipinski definition) is 8. The van der Waals surface area contributed by atoms with Crippen molar-refractivity contribution in [3.05, 3.63) is 88.2 Å². The number of fused-ring (bicyclic) bond motifs is 1. The van der Waals surface area contributed by atoms with Crippen LogP contribution in [0.1, 0.15) is 5.56 Å². The molecule has 40 heavy (non-hydrogen) atoms. The van der Waals surface area contributed by atoms with Crippen LogP contribution in [-0.2, 0) is 9.53 Å². The number of nitro groups is 1. The summed E-state index contributed by atoms with van der Waals surface area (Å²) in [7, 11) is 0. The van der Waals surface area contributed by atoms with E-state index in [2.05, 4.69) is 15.2 Å². The Kier molecular flexibility index (Phi) is 7.99. The van der Waals surface area contributed by atoms with Crippen LogP contribution in [-0.4, -0.2) is 70.1 Å². The number of nitrogens with zero attached hydrogens (tertiary/aromatic N) is 4. The number of morpholine rings is 1. The van der Waals surface area contributed by atoms with Crippen molar-refractivity contribution in [3.63, 3.8) is 0 Å². The molecule has 0 atom stereocenters. The zero-order chi connectivity index (χ0) is 28.1. The largest absolute Gasteiger partial charge is 0.485 e. The van der Waals surface area contributed by atoms with Gasteiger partial charge in [-0.3, -0.25) is 19.8 Å². The summed E-state index contributed by atoms with van der Waals surface area (Å²) >= 11 is 0. The predicted molar refractivity (Wildman–Crippen MR) is 146 cm³/mol. The van der Waals surface area contributed by atoms with Crippen LogP contribution < -0.4 is 10.1 Å². The molecule has 206 valence electrons. The lowest BCUT2D eigenvalue weighted by atomic mass is 10.2. The van der Waals surface area contributed by atoms with Gasteiger partial charge in [-0.25, -0.2) is 9.37 Å². The molecule has 1 saturated heterocycles.